The number of methoxy groups -OCH3 is 1. The summed E-state index contributed by atoms with van der Waals surface area (Å²) >= 11 is 0. The average molecular weight is 415 g/mol. The van der Waals surface area contributed by atoms with E-state index in [0.29, 0.717) is 32.5 Å². The minimum absolute atomic E-state index is 0.0795. The van der Waals surface area contributed by atoms with Gasteiger partial charge in [-0.2, -0.15) is 0 Å². The van der Waals surface area contributed by atoms with Crippen molar-refractivity contribution < 1.29 is 27.6 Å². The molecular weight excluding hydrogens is 390 g/mol. The molecule has 1 fully saturated rings. The smallest absolute Gasteiger partial charge is 0.286 e. The predicted molar refractivity (Wildman–Crippen MR) is 102 cm³/mol. The van der Waals surface area contributed by atoms with Crippen LogP contribution >= 0.6 is 0 Å². The molecule has 0 unspecified atom stereocenters. The molecule has 0 aromatic heterocycles. The third kappa shape index (κ3) is 4.71. The lowest BCUT2D eigenvalue weighted by Crippen LogP contribution is -2.47. The first-order valence-electron chi connectivity index (χ1n) is 8.81. The number of piperidine rings is 1. The number of ether oxygens (including phenoxy) is 2. The summed E-state index contributed by atoms with van der Waals surface area (Å²) in [5, 5.41) is 11.5. The number of carbonyl (C=O) groups is 1. The van der Waals surface area contributed by atoms with E-state index in [1.807, 2.05) is 0 Å². The van der Waals surface area contributed by atoms with E-state index < -0.39 is 20.9 Å². The van der Waals surface area contributed by atoms with Crippen molar-refractivity contribution in [3.63, 3.8) is 0 Å². The Morgan fingerprint density at radius 1 is 1.32 bits per heavy atom. The first-order chi connectivity index (χ1) is 13.1. The molecule has 2 rings (SSSR count). The van der Waals surface area contributed by atoms with Gasteiger partial charge >= 0.3 is 0 Å². The Balaban J connectivity index is 2.26. The maximum Gasteiger partial charge on any atom is 0.286 e. The van der Waals surface area contributed by atoms with Gasteiger partial charge in [0.15, 0.2) is 11.5 Å². The Morgan fingerprint density at radius 3 is 2.39 bits per heavy atom. The molecule has 0 saturated carbocycles. The van der Waals surface area contributed by atoms with E-state index >= 15 is 0 Å². The van der Waals surface area contributed by atoms with Crippen molar-refractivity contribution in [2.75, 3.05) is 40.1 Å². The van der Waals surface area contributed by atoms with Crippen LogP contribution in [0.2, 0.25) is 0 Å². The number of rotatable bonds is 7. The number of carbonyl (C=O) groups excluding carboxylic acids is 1. The zero-order chi connectivity index (χ0) is 21.1. The lowest BCUT2D eigenvalue weighted by atomic mass is 10.0. The third-order valence-electron chi connectivity index (χ3n) is 4.80. The number of nitrogens with zero attached hydrogens (tertiary/aromatic N) is 3. The standard InChI is InChI=1S/C17H25N3O7S/c1-5-27-16-10-13(14(20(22)23)11-15(16)26-3)17(21)19-8-6-12(7-9-19)18(2)28(4,24)25/h10-12H,5-9H2,1-4H3. The van der Waals surface area contributed by atoms with Crippen molar-refractivity contribution in [2.45, 2.75) is 25.8 Å². The molecule has 1 aliphatic rings. The summed E-state index contributed by atoms with van der Waals surface area (Å²) in [4.78, 5) is 25.3. The molecule has 1 aliphatic heterocycles. The SMILES string of the molecule is CCOc1cc(C(=O)N2CCC(N(C)S(C)(=O)=O)CC2)c([N+](=O)[O-])cc1OC. The third-order valence-corrected chi connectivity index (χ3v) is 6.14. The zero-order valence-electron chi connectivity index (χ0n) is 16.4. The van der Waals surface area contributed by atoms with Crippen molar-refractivity contribution in [2.24, 2.45) is 0 Å². The topological polar surface area (TPSA) is 119 Å². The number of nitro benzene ring substituents is 1. The van der Waals surface area contributed by atoms with E-state index in [2.05, 4.69) is 0 Å². The second-order valence-electron chi connectivity index (χ2n) is 6.51. The molecule has 0 spiro atoms. The quantitative estimate of drug-likeness (QED) is 0.489. The number of likely N-dealkylation sites (tertiary alicyclic amines) is 1. The van der Waals surface area contributed by atoms with Crippen LogP contribution in [0.5, 0.6) is 11.5 Å². The van der Waals surface area contributed by atoms with Crippen LogP contribution in [-0.2, 0) is 10.0 Å². The molecular formula is C17H25N3O7S. The van der Waals surface area contributed by atoms with E-state index in [0.717, 1.165) is 6.26 Å². The van der Waals surface area contributed by atoms with Crippen LogP contribution in [-0.4, -0.2) is 74.6 Å². The molecule has 10 nitrogen and oxygen atoms in total. The summed E-state index contributed by atoms with van der Waals surface area (Å²) in [6.45, 7) is 2.67. The molecule has 28 heavy (non-hydrogen) atoms. The van der Waals surface area contributed by atoms with E-state index in [1.165, 1.54) is 35.5 Å². The van der Waals surface area contributed by atoms with Gasteiger partial charge in [-0.15, -0.1) is 0 Å². The van der Waals surface area contributed by atoms with Gasteiger partial charge in [-0.1, -0.05) is 0 Å². The summed E-state index contributed by atoms with van der Waals surface area (Å²) in [7, 11) is -0.439. The van der Waals surface area contributed by atoms with Crippen LogP contribution in [0.15, 0.2) is 12.1 Å². The lowest BCUT2D eigenvalue weighted by Gasteiger charge is -2.35. The number of hydrogen-bond donors (Lipinski definition) is 0. The highest BCUT2D eigenvalue weighted by Gasteiger charge is 2.32. The van der Waals surface area contributed by atoms with Gasteiger partial charge in [0.05, 0.1) is 31.0 Å². The maximum atomic E-state index is 12.9. The Kier molecular flexibility index (Phi) is 6.83. The van der Waals surface area contributed by atoms with E-state index in [1.54, 1.807) is 6.92 Å². The van der Waals surface area contributed by atoms with Gasteiger partial charge in [-0.25, -0.2) is 12.7 Å². The van der Waals surface area contributed by atoms with Gasteiger partial charge in [-0.05, 0) is 19.8 Å². The number of benzene rings is 1. The molecule has 0 bridgehead atoms. The highest BCUT2D eigenvalue weighted by atomic mass is 32.2. The van der Waals surface area contributed by atoms with Crippen LogP contribution in [0.25, 0.3) is 0 Å². The summed E-state index contributed by atoms with van der Waals surface area (Å²) < 4.78 is 35.2. The predicted octanol–water partition coefficient (Wildman–Crippen LogP) is 1.50. The molecule has 0 radical (unpaired) electrons. The Bertz CT molecular complexity index is 849. The van der Waals surface area contributed by atoms with Crippen LogP contribution in [0, 0.1) is 10.1 Å². The highest BCUT2D eigenvalue weighted by Crippen LogP contribution is 2.35. The van der Waals surface area contributed by atoms with Crippen LogP contribution in [0.4, 0.5) is 5.69 Å². The minimum atomic E-state index is -3.32. The fourth-order valence-electron chi connectivity index (χ4n) is 3.17. The second-order valence-corrected chi connectivity index (χ2v) is 8.55. The summed E-state index contributed by atoms with van der Waals surface area (Å²) in [6.07, 6.45) is 2.05. The normalized spacial score (nSPS) is 15.5. The van der Waals surface area contributed by atoms with Crippen LogP contribution in [0.1, 0.15) is 30.1 Å². The fourth-order valence-corrected chi connectivity index (χ4v) is 3.93. The summed E-state index contributed by atoms with van der Waals surface area (Å²) in [6, 6.07) is 2.31. The van der Waals surface area contributed by atoms with Crippen LogP contribution in [0.3, 0.4) is 0 Å². The second kappa shape index (κ2) is 8.74. The maximum absolute atomic E-state index is 12.9. The lowest BCUT2D eigenvalue weighted by molar-refractivity contribution is -0.385. The van der Waals surface area contributed by atoms with E-state index in [-0.39, 0.29) is 28.8 Å². The minimum Gasteiger partial charge on any atom is -0.493 e. The zero-order valence-corrected chi connectivity index (χ0v) is 17.2. The van der Waals surface area contributed by atoms with Gasteiger partial charge < -0.3 is 14.4 Å². The number of amides is 1. The van der Waals surface area contributed by atoms with Crippen LogP contribution < -0.4 is 9.47 Å². The Hall–Kier alpha value is -2.40. The van der Waals surface area contributed by atoms with Crippen molar-refractivity contribution in [3.05, 3.63) is 27.8 Å². The van der Waals surface area contributed by atoms with Gasteiger partial charge in [0.25, 0.3) is 11.6 Å². The molecule has 0 atom stereocenters. The summed E-state index contributed by atoms with van der Waals surface area (Å²) in [5.41, 5.74) is -0.440. The molecule has 1 heterocycles. The van der Waals surface area contributed by atoms with Crippen molar-refractivity contribution in [3.8, 4) is 11.5 Å². The number of hydrogen-bond acceptors (Lipinski definition) is 7. The number of nitro groups is 1. The largest absolute Gasteiger partial charge is 0.493 e. The molecule has 11 heteroatoms. The average Bonchev–Trinajstić information content (AvgIpc) is 2.66. The van der Waals surface area contributed by atoms with Crippen molar-refractivity contribution in [1.29, 1.82) is 0 Å². The van der Waals surface area contributed by atoms with Crippen molar-refractivity contribution in [1.82, 2.24) is 9.21 Å². The van der Waals surface area contributed by atoms with Crippen molar-refractivity contribution >= 4 is 21.6 Å². The highest BCUT2D eigenvalue weighted by molar-refractivity contribution is 7.88. The molecule has 1 aromatic carbocycles. The van der Waals surface area contributed by atoms with Gasteiger partial charge in [0.1, 0.15) is 5.56 Å². The molecule has 0 N–H and O–H groups in total. The van der Waals surface area contributed by atoms with Gasteiger partial charge in [-0.3, -0.25) is 14.9 Å². The molecule has 1 saturated heterocycles. The summed E-state index contributed by atoms with van der Waals surface area (Å²) in [5.74, 6) is -0.0556. The first kappa shape index (κ1) is 21.9. The molecule has 1 aromatic rings. The van der Waals surface area contributed by atoms with Gasteiger partial charge in [0, 0.05) is 32.2 Å². The first-order valence-corrected chi connectivity index (χ1v) is 10.7. The van der Waals surface area contributed by atoms with Gasteiger partial charge in [0.2, 0.25) is 10.0 Å². The molecule has 1 amide bonds. The monoisotopic (exact) mass is 415 g/mol. The molecule has 0 aliphatic carbocycles. The molecule has 156 valence electrons. The Labute approximate surface area is 164 Å². The Morgan fingerprint density at radius 2 is 1.93 bits per heavy atom. The van der Waals surface area contributed by atoms with E-state index in [9.17, 15) is 23.3 Å². The fraction of sp³-hybridized carbons (Fsp3) is 0.588. The van der Waals surface area contributed by atoms with E-state index in [4.69, 9.17) is 9.47 Å². The number of sulfonamides is 1.